The standard InChI is InChI=1S/C9H7ClN2/c10-9-6-7(3-5-12-9)8-2-1-4-11-8/h1-6,11H. The Morgan fingerprint density at radius 2 is 2.25 bits per heavy atom. The average Bonchev–Trinajstić information content (AvgIpc) is 2.56. The van der Waals surface area contributed by atoms with Crippen LogP contribution in [0.1, 0.15) is 0 Å². The number of nitrogens with one attached hydrogen (secondary N) is 1. The number of aromatic nitrogens is 2. The Balaban J connectivity index is 2.48. The molecule has 1 N–H and O–H groups in total. The summed E-state index contributed by atoms with van der Waals surface area (Å²) in [4.78, 5) is 7.00. The average molecular weight is 179 g/mol. The first kappa shape index (κ1) is 7.37. The Bertz CT molecular complexity index is 368. The molecule has 12 heavy (non-hydrogen) atoms. The fourth-order valence-corrected chi connectivity index (χ4v) is 1.25. The van der Waals surface area contributed by atoms with Crippen LogP contribution < -0.4 is 0 Å². The Labute approximate surface area is 75.2 Å². The minimum atomic E-state index is 0.516. The van der Waals surface area contributed by atoms with Crippen molar-refractivity contribution in [3.63, 3.8) is 0 Å². The molecule has 0 atom stereocenters. The normalized spacial score (nSPS) is 10.1. The number of pyridine rings is 1. The fourth-order valence-electron chi connectivity index (χ4n) is 1.08. The van der Waals surface area contributed by atoms with Crippen molar-refractivity contribution in [3.05, 3.63) is 41.8 Å². The van der Waals surface area contributed by atoms with Crippen LogP contribution in [-0.2, 0) is 0 Å². The SMILES string of the molecule is Clc1cc(-c2ccc[nH]2)ccn1. The van der Waals surface area contributed by atoms with E-state index in [0.717, 1.165) is 11.3 Å². The third-order valence-electron chi connectivity index (χ3n) is 1.64. The molecule has 0 saturated carbocycles. The minimum Gasteiger partial charge on any atom is -0.361 e. The predicted octanol–water partition coefficient (Wildman–Crippen LogP) is 2.73. The van der Waals surface area contributed by atoms with E-state index in [2.05, 4.69) is 9.97 Å². The van der Waals surface area contributed by atoms with Gasteiger partial charge in [0.2, 0.25) is 0 Å². The summed E-state index contributed by atoms with van der Waals surface area (Å²) in [5, 5.41) is 0.516. The molecular weight excluding hydrogens is 172 g/mol. The molecule has 0 aliphatic heterocycles. The van der Waals surface area contributed by atoms with Gasteiger partial charge >= 0.3 is 0 Å². The molecule has 0 amide bonds. The maximum Gasteiger partial charge on any atom is 0.129 e. The van der Waals surface area contributed by atoms with Crippen LogP contribution in [-0.4, -0.2) is 9.97 Å². The lowest BCUT2D eigenvalue weighted by atomic mass is 10.2. The Kier molecular flexibility index (Phi) is 1.84. The lowest BCUT2D eigenvalue weighted by molar-refractivity contribution is 1.31. The molecule has 0 spiro atoms. The van der Waals surface area contributed by atoms with E-state index >= 15 is 0 Å². The van der Waals surface area contributed by atoms with Gasteiger partial charge < -0.3 is 4.98 Å². The van der Waals surface area contributed by atoms with Crippen molar-refractivity contribution in [1.82, 2.24) is 9.97 Å². The van der Waals surface area contributed by atoms with Crippen molar-refractivity contribution >= 4 is 11.6 Å². The van der Waals surface area contributed by atoms with Crippen LogP contribution in [0.4, 0.5) is 0 Å². The predicted molar refractivity (Wildman–Crippen MR) is 49.0 cm³/mol. The van der Waals surface area contributed by atoms with Gasteiger partial charge in [0.15, 0.2) is 0 Å². The number of hydrogen-bond acceptors (Lipinski definition) is 1. The van der Waals surface area contributed by atoms with Gasteiger partial charge in [0.1, 0.15) is 5.15 Å². The summed E-state index contributed by atoms with van der Waals surface area (Å²) in [6, 6.07) is 7.68. The molecule has 0 aromatic carbocycles. The van der Waals surface area contributed by atoms with Gasteiger partial charge in [-0.3, -0.25) is 0 Å². The molecule has 0 radical (unpaired) electrons. The van der Waals surface area contributed by atoms with Gasteiger partial charge in [0.25, 0.3) is 0 Å². The van der Waals surface area contributed by atoms with Crippen molar-refractivity contribution in [1.29, 1.82) is 0 Å². The zero-order chi connectivity index (χ0) is 8.39. The maximum absolute atomic E-state index is 5.74. The van der Waals surface area contributed by atoms with Crippen LogP contribution in [0, 0.1) is 0 Å². The van der Waals surface area contributed by atoms with Gasteiger partial charge in [-0.25, -0.2) is 4.98 Å². The van der Waals surface area contributed by atoms with Crippen LogP contribution in [0.3, 0.4) is 0 Å². The molecule has 60 valence electrons. The largest absolute Gasteiger partial charge is 0.361 e. The monoisotopic (exact) mass is 178 g/mol. The molecule has 0 bridgehead atoms. The second-order valence-corrected chi connectivity index (χ2v) is 2.84. The Hall–Kier alpha value is -1.28. The van der Waals surface area contributed by atoms with Gasteiger partial charge in [-0.15, -0.1) is 0 Å². The zero-order valence-corrected chi connectivity index (χ0v) is 7.05. The van der Waals surface area contributed by atoms with Crippen LogP contribution in [0.15, 0.2) is 36.7 Å². The van der Waals surface area contributed by atoms with Crippen molar-refractivity contribution in [2.24, 2.45) is 0 Å². The highest BCUT2D eigenvalue weighted by Crippen LogP contribution is 2.18. The molecule has 2 nitrogen and oxygen atoms in total. The van der Waals surface area contributed by atoms with E-state index in [1.165, 1.54) is 0 Å². The number of nitrogens with zero attached hydrogens (tertiary/aromatic N) is 1. The number of halogens is 1. The topological polar surface area (TPSA) is 28.7 Å². The van der Waals surface area contributed by atoms with Crippen molar-refractivity contribution in [2.75, 3.05) is 0 Å². The first-order valence-corrected chi connectivity index (χ1v) is 3.99. The van der Waals surface area contributed by atoms with Gasteiger partial charge in [-0.05, 0) is 24.3 Å². The zero-order valence-electron chi connectivity index (χ0n) is 6.29. The molecule has 2 rings (SSSR count). The van der Waals surface area contributed by atoms with E-state index in [9.17, 15) is 0 Å². The van der Waals surface area contributed by atoms with Gasteiger partial charge in [-0.1, -0.05) is 11.6 Å². The van der Waals surface area contributed by atoms with E-state index < -0.39 is 0 Å². The lowest BCUT2D eigenvalue weighted by Gasteiger charge is -1.96. The van der Waals surface area contributed by atoms with E-state index in [4.69, 9.17) is 11.6 Å². The molecular formula is C9H7ClN2. The van der Waals surface area contributed by atoms with E-state index in [0.29, 0.717) is 5.15 Å². The molecule has 2 heterocycles. The third-order valence-corrected chi connectivity index (χ3v) is 1.84. The van der Waals surface area contributed by atoms with Gasteiger partial charge in [0.05, 0.1) is 0 Å². The molecule has 2 aromatic heterocycles. The van der Waals surface area contributed by atoms with Gasteiger partial charge in [0, 0.05) is 23.7 Å². The fraction of sp³-hybridized carbons (Fsp3) is 0. The smallest absolute Gasteiger partial charge is 0.129 e. The highest BCUT2D eigenvalue weighted by atomic mass is 35.5. The molecule has 0 aliphatic rings. The molecule has 0 saturated heterocycles. The minimum absolute atomic E-state index is 0.516. The number of H-pyrrole nitrogens is 1. The van der Waals surface area contributed by atoms with Crippen LogP contribution in [0.2, 0.25) is 5.15 Å². The van der Waals surface area contributed by atoms with Crippen LogP contribution in [0.5, 0.6) is 0 Å². The van der Waals surface area contributed by atoms with Crippen LogP contribution in [0.25, 0.3) is 11.3 Å². The van der Waals surface area contributed by atoms with Crippen molar-refractivity contribution in [2.45, 2.75) is 0 Å². The summed E-state index contributed by atoms with van der Waals surface area (Å²) in [7, 11) is 0. The molecule has 3 heteroatoms. The van der Waals surface area contributed by atoms with Gasteiger partial charge in [-0.2, -0.15) is 0 Å². The first-order chi connectivity index (χ1) is 5.86. The number of rotatable bonds is 1. The first-order valence-electron chi connectivity index (χ1n) is 3.61. The quantitative estimate of drug-likeness (QED) is 0.669. The summed E-state index contributed by atoms with van der Waals surface area (Å²) in [6.07, 6.45) is 3.57. The number of aromatic amines is 1. The summed E-state index contributed by atoms with van der Waals surface area (Å²) in [5.74, 6) is 0. The summed E-state index contributed by atoms with van der Waals surface area (Å²) in [6.45, 7) is 0. The van der Waals surface area contributed by atoms with Crippen LogP contribution >= 0.6 is 11.6 Å². The number of hydrogen-bond donors (Lipinski definition) is 1. The summed E-state index contributed by atoms with van der Waals surface area (Å²) in [5.41, 5.74) is 2.11. The molecule has 0 unspecified atom stereocenters. The van der Waals surface area contributed by atoms with E-state index in [1.54, 1.807) is 6.20 Å². The Morgan fingerprint density at radius 1 is 1.33 bits per heavy atom. The highest BCUT2D eigenvalue weighted by Gasteiger charge is 1.97. The third kappa shape index (κ3) is 1.34. The summed E-state index contributed by atoms with van der Waals surface area (Å²) >= 11 is 5.74. The second-order valence-electron chi connectivity index (χ2n) is 2.45. The summed E-state index contributed by atoms with van der Waals surface area (Å²) < 4.78 is 0. The maximum atomic E-state index is 5.74. The Morgan fingerprint density at radius 3 is 2.92 bits per heavy atom. The molecule has 2 aromatic rings. The molecule has 0 fully saturated rings. The van der Waals surface area contributed by atoms with E-state index in [-0.39, 0.29) is 0 Å². The van der Waals surface area contributed by atoms with E-state index in [1.807, 2.05) is 30.5 Å². The second kappa shape index (κ2) is 2.99. The lowest BCUT2D eigenvalue weighted by Crippen LogP contribution is -1.78. The van der Waals surface area contributed by atoms with Crippen molar-refractivity contribution < 1.29 is 0 Å². The van der Waals surface area contributed by atoms with Crippen molar-refractivity contribution in [3.8, 4) is 11.3 Å². The molecule has 0 aliphatic carbocycles. The highest BCUT2D eigenvalue weighted by molar-refractivity contribution is 6.29.